The topological polar surface area (TPSA) is 3.24 Å². The molecular formula is C12H19N. The molecule has 0 unspecified atom stereocenters. The first-order chi connectivity index (χ1) is 6.10. The Morgan fingerprint density at radius 1 is 1.15 bits per heavy atom. The van der Waals surface area contributed by atoms with E-state index in [1.165, 1.54) is 5.57 Å². The minimum absolute atomic E-state index is 0.984. The Morgan fingerprint density at radius 3 is 2.08 bits per heavy atom. The van der Waals surface area contributed by atoms with Gasteiger partial charge in [-0.3, -0.25) is 0 Å². The van der Waals surface area contributed by atoms with Crippen LogP contribution in [0.1, 0.15) is 6.92 Å². The van der Waals surface area contributed by atoms with Crippen LogP contribution in [0.5, 0.6) is 0 Å². The van der Waals surface area contributed by atoms with E-state index >= 15 is 0 Å². The predicted molar refractivity (Wildman–Crippen MR) is 60.8 cm³/mol. The highest BCUT2D eigenvalue weighted by Gasteiger charge is 1.90. The second-order valence-corrected chi connectivity index (χ2v) is 3.33. The average molecular weight is 177 g/mol. The molecule has 0 atom stereocenters. The molecule has 0 amide bonds. The molecule has 0 aliphatic heterocycles. The monoisotopic (exact) mass is 177 g/mol. The Labute approximate surface area is 81.8 Å². The van der Waals surface area contributed by atoms with Crippen LogP contribution in [-0.4, -0.2) is 25.5 Å². The molecule has 0 fully saturated rings. The summed E-state index contributed by atoms with van der Waals surface area (Å²) in [6, 6.07) is 0. The molecule has 13 heavy (non-hydrogen) atoms. The number of likely N-dealkylation sites (N-methyl/N-ethyl adjacent to an activating group) is 1. The molecule has 0 aliphatic rings. The van der Waals surface area contributed by atoms with Crippen molar-refractivity contribution in [2.45, 2.75) is 6.92 Å². The van der Waals surface area contributed by atoms with Crippen molar-refractivity contribution < 1.29 is 0 Å². The van der Waals surface area contributed by atoms with Crippen molar-refractivity contribution >= 4 is 0 Å². The quantitative estimate of drug-likeness (QED) is 0.584. The Kier molecular flexibility index (Phi) is 5.90. The second kappa shape index (κ2) is 6.44. The summed E-state index contributed by atoms with van der Waals surface area (Å²) in [4.78, 5) is 2.14. The molecule has 0 saturated heterocycles. The first-order valence-electron chi connectivity index (χ1n) is 4.37. The van der Waals surface area contributed by atoms with Gasteiger partial charge in [0.1, 0.15) is 0 Å². The normalized spacial score (nSPS) is 11.2. The lowest BCUT2D eigenvalue weighted by atomic mass is 10.2. The van der Waals surface area contributed by atoms with E-state index in [-0.39, 0.29) is 0 Å². The van der Waals surface area contributed by atoms with Gasteiger partial charge in [0.2, 0.25) is 0 Å². The summed E-state index contributed by atoms with van der Waals surface area (Å²) in [5, 5.41) is 0. The molecule has 0 aromatic carbocycles. The predicted octanol–water partition coefficient (Wildman–Crippen LogP) is 2.79. The molecule has 0 saturated carbocycles. The maximum atomic E-state index is 3.69. The van der Waals surface area contributed by atoms with Gasteiger partial charge < -0.3 is 4.90 Å². The molecule has 0 bridgehead atoms. The largest absolute Gasteiger partial charge is 0.305 e. The van der Waals surface area contributed by atoms with Crippen molar-refractivity contribution in [2.24, 2.45) is 0 Å². The number of hydrogen-bond acceptors (Lipinski definition) is 1. The lowest BCUT2D eigenvalue weighted by Gasteiger charge is -2.08. The fourth-order valence-corrected chi connectivity index (χ4v) is 1.01. The maximum absolute atomic E-state index is 3.69. The van der Waals surface area contributed by atoms with Crippen molar-refractivity contribution in [3.05, 3.63) is 48.6 Å². The second-order valence-electron chi connectivity index (χ2n) is 3.33. The minimum atomic E-state index is 0.984. The summed E-state index contributed by atoms with van der Waals surface area (Å²) >= 11 is 0. The third kappa shape index (κ3) is 6.12. The van der Waals surface area contributed by atoms with Crippen LogP contribution in [0, 0.1) is 0 Å². The molecule has 0 N–H and O–H groups in total. The van der Waals surface area contributed by atoms with Crippen LogP contribution < -0.4 is 0 Å². The highest BCUT2D eigenvalue weighted by molar-refractivity contribution is 5.32. The summed E-state index contributed by atoms with van der Waals surface area (Å²) in [7, 11) is 4.12. The smallest absolute Gasteiger partial charge is 0.0187 e. The van der Waals surface area contributed by atoms with Gasteiger partial charge in [0.05, 0.1) is 0 Å². The molecule has 0 aromatic heterocycles. The van der Waals surface area contributed by atoms with Crippen molar-refractivity contribution in [2.75, 3.05) is 20.6 Å². The van der Waals surface area contributed by atoms with Crippen molar-refractivity contribution in [3.63, 3.8) is 0 Å². The zero-order chi connectivity index (χ0) is 10.3. The maximum Gasteiger partial charge on any atom is 0.0187 e. The van der Waals surface area contributed by atoms with E-state index < -0.39 is 0 Å². The fraction of sp³-hybridized carbons (Fsp3) is 0.333. The highest BCUT2D eigenvalue weighted by atomic mass is 15.0. The van der Waals surface area contributed by atoms with Crippen molar-refractivity contribution in [3.8, 4) is 0 Å². The van der Waals surface area contributed by atoms with E-state index in [0.717, 1.165) is 12.1 Å². The molecule has 0 spiro atoms. The molecule has 72 valence electrons. The lowest BCUT2D eigenvalue weighted by molar-refractivity contribution is 0.445. The van der Waals surface area contributed by atoms with Gasteiger partial charge in [-0.05, 0) is 26.6 Å². The Hall–Kier alpha value is -1.08. The number of hydrogen-bond donors (Lipinski definition) is 0. The fourth-order valence-electron chi connectivity index (χ4n) is 1.01. The zero-order valence-electron chi connectivity index (χ0n) is 8.88. The van der Waals surface area contributed by atoms with Gasteiger partial charge in [-0.2, -0.15) is 0 Å². The number of nitrogens with zero attached hydrogens (tertiary/aromatic N) is 1. The Balaban J connectivity index is 4.30. The van der Waals surface area contributed by atoms with E-state index in [1.54, 1.807) is 12.2 Å². The van der Waals surface area contributed by atoms with Gasteiger partial charge >= 0.3 is 0 Å². The molecule has 0 rings (SSSR count). The van der Waals surface area contributed by atoms with E-state index in [1.807, 2.05) is 6.08 Å². The molecule has 0 aliphatic carbocycles. The zero-order valence-corrected chi connectivity index (χ0v) is 8.88. The van der Waals surface area contributed by atoms with Gasteiger partial charge in [-0.25, -0.2) is 0 Å². The van der Waals surface area contributed by atoms with Crippen LogP contribution in [0.15, 0.2) is 48.6 Å². The highest BCUT2D eigenvalue weighted by Crippen LogP contribution is 2.00. The van der Waals surface area contributed by atoms with Gasteiger partial charge in [0, 0.05) is 6.54 Å². The van der Waals surface area contributed by atoms with Gasteiger partial charge in [0.25, 0.3) is 0 Å². The van der Waals surface area contributed by atoms with Gasteiger partial charge in [-0.1, -0.05) is 43.0 Å². The molecule has 0 radical (unpaired) electrons. The molecule has 0 heterocycles. The summed E-state index contributed by atoms with van der Waals surface area (Å²) in [5.74, 6) is 0. The summed E-state index contributed by atoms with van der Waals surface area (Å²) in [5.41, 5.74) is 2.38. The van der Waals surface area contributed by atoms with E-state index in [0.29, 0.717) is 0 Å². The molecular weight excluding hydrogens is 158 g/mol. The SMILES string of the molecule is C=CC(C=C)=C/C=C(\C)CN(C)C. The Bertz CT molecular complexity index is 222. The van der Waals surface area contributed by atoms with E-state index in [2.05, 4.69) is 45.2 Å². The molecule has 1 nitrogen and oxygen atoms in total. The van der Waals surface area contributed by atoms with E-state index in [9.17, 15) is 0 Å². The van der Waals surface area contributed by atoms with Crippen LogP contribution in [0.3, 0.4) is 0 Å². The Morgan fingerprint density at radius 2 is 1.69 bits per heavy atom. The third-order valence-corrected chi connectivity index (χ3v) is 1.60. The number of rotatable bonds is 5. The van der Waals surface area contributed by atoms with Crippen molar-refractivity contribution in [1.29, 1.82) is 0 Å². The standard InChI is InChI=1S/C12H19N/c1-6-12(7-2)9-8-11(3)10-13(4)5/h6-9H,1-2,10H2,3-5H3/b11-8+. The summed E-state index contributed by atoms with van der Waals surface area (Å²) in [6.07, 6.45) is 7.72. The third-order valence-electron chi connectivity index (χ3n) is 1.60. The first kappa shape index (κ1) is 11.9. The van der Waals surface area contributed by atoms with Crippen molar-refractivity contribution in [1.82, 2.24) is 4.90 Å². The van der Waals surface area contributed by atoms with E-state index in [4.69, 9.17) is 0 Å². The minimum Gasteiger partial charge on any atom is -0.305 e. The van der Waals surface area contributed by atoms with Crippen LogP contribution in [0.4, 0.5) is 0 Å². The number of allylic oxidation sites excluding steroid dienone is 5. The summed E-state index contributed by atoms with van der Waals surface area (Å²) < 4.78 is 0. The first-order valence-corrected chi connectivity index (χ1v) is 4.37. The van der Waals surface area contributed by atoms with Crippen LogP contribution in [-0.2, 0) is 0 Å². The van der Waals surface area contributed by atoms with Crippen LogP contribution >= 0.6 is 0 Å². The summed E-state index contributed by atoms with van der Waals surface area (Å²) in [6.45, 7) is 10.5. The molecule has 0 aromatic rings. The average Bonchev–Trinajstić information content (AvgIpc) is 2.05. The lowest BCUT2D eigenvalue weighted by Crippen LogP contribution is -2.13. The molecule has 1 heteroatoms. The van der Waals surface area contributed by atoms with Gasteiger partial charge in [0.15, 0.2) is 0 Å². The van der Waals surface area contributed by atoms with Crippen LogP contribution in [0.25, 0.3) is 0 Å². The van der Waals surface area contributed by atoms with Gasteiger partial charge in [-0.15, -0.1) is 0 Å². The van der Waals surface area contributed by atoms with Crippen LogP contribution in [0.2, 0.25) is 0 Å².